The van der Waals surface area contributed by atoms with Gasteiger partial charge in [-0.05, 0) is 88.4 Å². The zero-order chi connectivity index (χ0) is 19.9. The van der Waals surface area contributed by atoms with Crippen molar-refractivity contribution in [2.75, 3.05) is 39.3 Å². The van der Waals surface area contributed by atoms with Gasteiger partial charge in [0, 0.05) is 24.3 Å². The standard InChI is InChI=1S/C23H32N4OS/c28-23(19-7-11-24-21(18-19)22-6-4-17-29-22)25-10-5-12-26-15-8-20(9-16-26)27-13-2-1-3-14-27/h4,6-7,11,17-18,20H,1-3,5,8-10,12-16H2,(H,25,28). The summed E-state index contributed by atoms with van der Waals surface area (Å²) in [5.41, 5.74) is 1.55. The van der Waals surface area contributed by atoms with Crippen molar-refractivity contribution in [1.82, 2.24) is 20.1 Å². The SMILES string of the molecule is O=C(NCCCN1CCC(N2CCCCC2)CC1)c1ccnc(-c2cccs2)c1. The lowest BCUT2D eigenvalue weighted by atomic mass is 10.00. The number of aromatic nitrogens is 1. The van der Waals surface area contributed by atoms with Crippen molar-refractivity contribution in [2.45, 2.75) is 44.6 Å². The molecule has 2 aliphatic rings. The number of carbonyl (C=O) groups excluding carboxylic acids is 1. The second-order valence-electron chi connectivity index (χ2n) is 8.19. The summed E-state index contributed by atoms with van der Waals surface area (Å²) in [6.45, 7) is 6.80. The molecular weight excluding hydrogens is 380 g/mol. The normalized spacial score (nSPS) is 19.3. The molecule has 4 rings (SSSR count). The van der Waals surface area contributed by atoms with E-state index in [0.29, 0.717) is 5.56 Å². The van der Waals surface area contributed by atoms with Crippen LogP contribution >= 0.6 is 11.3 Å². The Balaban J connectivity index is 1.16. The molecule has 5 nitrogen and oxygen atoms in total. The van der Waals surface area contributed by atoms with E-state index in [1.165, 1.54) is 58.3 Å². The number of hydrogen-bond acceptors (Lipinski definition) is 5. The van der Waals surface area contributed by atoms with E-state index in [2.05, 4.69) is 20.1 Å². The molecule has 2 fully saturated rings. The molecule has 2 aliphatic heterocycles. The molecule has 0 aromatic carbocycles. The summed E-state index contributed by atoms with van der Waals surface area (Å²) in [6.07, 6.45) is 9.50. The minimum atomic E-state index is -0.00554. The van der Waals surface area contributed by atoms with Crippen LogP contribution < -0.4 is 5.32 Å². The van der Waals surface area contributed by atoms with Gasteiger partial charge >= 0.3 is 0 Å². The second kappa shape index (κ2) is 10.3. The lowest BCUT2D eigenvalue weighted by Gasteiger charge is -2.40. The van der Waals surface area contributed by atoms with E-state index in [4.69, 9.17) is 0 Å². The van der Waals surface area contributed by atoms with Gasteiger partial charge in [-0.25, -0.2) is 0 Å². The topological polar surface area (TPSA) is 48.5 Å². The van der Waals surface area contributed by atoms with Crippen LogP contribution in [0.1, 0.15) is 48.9 Å². The molecule has 1 amide bonds. The summed E-state index contributed by atoms with van der Waals surface area (Å²) in [6, 6.07) is 8.51. The number of pyridine rings is 1. The fourth-order valence-electron chi connectivity index (χ4n) is 4.53. The first-order valence-corrected chi connectivity index (χ1v) is 11.9. The van der Waals surface area contributed by atoms with Crippen molar-refractivity contribution in [3.63, 3.8) is 0 Å². The fourth-order valence-corrected chi connectivity index (χ4v) is 5.22. The maximum absolute atomic E-state index is 12.5. The first-order valence-electron chi connectivity index (χ1n) is 11.0. The van der Waals surface area contributed by atoms with Crippen LogP contribution in [0.3, 0.4) is 0 Å². The van der Waals surface area contributed by atoms with E-state index in [0.717, 1.165) is 36.1 Å². The first-order chi connectivity index (χ1) is 14.3. The van der Waals surface area contributed by atoms with Gasteiger partial charge in [-0.3, -0.25) is 9.78 Å². The number of nitrogens with one attached hydrogen (secondary N) is 1. The van der Waals surface area contributed by atoms with Gasteiger partial charge in [-0.2, -0.15) is 0 Å². The molecule has 0 unspecified atom stereocenters. The Morgan fingerprint density at radius 1 is 1.14 bits per heavy atom. The van der Waals surface area contributed by atoms with Crippen LogP contribution in [-0.2, 0) is 0 Å². The summed E-state index contributed by atoms with van der Waals surface area (Å²) < 4.78 is 0. The Morgan fingerprint density at radius 3 is 2.72 bits per heavy atom. The van der Waals surface area contributed by atoms with Gasteiger partial charge in [0.2, 0.25) is 0 Å². The molecule has 0 bridgehead atoms. The van der Waals surface area contributed by atoms with Crippen LogP contribution in [0, 0.1) is 0 Å². The predicted octanol–water partition coefficient (Wildman–Crippen LogP) is 3.88. The van der Waals surface area contributed by atoms with E-state index in [9.17, 15) is 4.79 Å². The molecule has 0 radical (unpaired) electrons. The molecule has 156 valence electrons. The number of rotatable bonds is 7. The summed E-state index contributed by atoms with van der Waals surface area (Å²) in [5.74, 6) is -0.00554. The second-order valence-corrected chi connectivity index (χ2v) is 9.13. The largest absolute Gasteiger partial charge is 0.352 e. The minimum Gasteiger partial charge on any atom is -0.352 e. The van der Waals surface area contributed by atoms with Crippen LogP contribution in [0.2, 0.25) is 0 Å². The molecule has 29 heavy (non-hydrogen) atoms. The Bertz CT molecular complexity index is 765. The third-order valence-corrected chi connectivity index (χ3v) is 7.09. The molecule has 0 aliphatic carbocycles. The van der Waals surface area contributed by atoms with E-state index in [1.807, 2.05) is 23.6 Å². The third kappa shape index (κ3) is 5.65. The van der Waals surface area contributed by atoms with Crippen LogP contribution in [0.15, 0.2) is 35.8 Å². The fraction of sp³-hybridized carbons (Fsp3) is 0.565. The van der Waals surface area contributed by atoms with Gasteiger partial charge in [-0.15, -0.1) is 11.3 Å². The average Bonchev–Trinajstić information content (AvgIpc) is 3.33. The highest BCUT2D eigenvalue weighted by Gasteiger charge is 2.25. The van der Waals surface area contributed by atoms with Crippen LogP contribution in [-0.4, -0.2) is 66.0 Å². The molecule has 0 saturated carbocycles. The lowest BCUT2D eigenvalue weighted by molar-refractivity contribution is 0.0903. The smallest absolute Gasteiger partial charge is 0.251 e. The molecule has 0 spiro atoms. The van der Waals surface area contributed by atoms with E-state index < -0.39 is 0 Å². The first kappa shape index (κ1) is 20.5. The molecule has 1 N–H and O–H groups in total. The maximum Gasteiger partial charge on any atom is 0.251 e. The van der Waals surface area contributed by atoms with Crippen molar-refractivity contribution in [2.24, 2.45) is 0 Å². The third-order valence-electron chi connectivity index (χ3n) is 6.20. The minimum absolute atomic E-state index is 0.00554. The highest BCUT2D eigenvalue weighted by molar-refractivity contribution is 7.13. The van der Waals surface area contributed by atoms with Crippen LogP contribution in [0.5, 0.6) is 0 Å². The summed E-state index contributed by atoms with van der Waals surface area (Å²) in [5, 5.41) is 5.10. The Kier molecular flexibility index (Phi) is 7.30. The van der Waals surface area contributed by atoms with Gasteiger partial charge in [0.15, 0.2) is 0 Å². The van der Waals surface area contributed by atoms with Gasteiger partial charge in [0.05, 0.1) is 10.6 Å². The molecular formula is C23H32N4OS. The number of amides is 1. The number of piperidine rings is 2. The maximum atomic E-state index is 12.5. The monoisotopic (exact) mass is 412 g/mol. The highest BCUT2D eigenvalue weighted by Crippen LogP contribution is 2.23. The van der Waals surface area contributed by atoms with E-state index in [-0.39, 0.29) is 5.91 Å². The zero-order valence-corrected chi connectivity index (χ0v) is 18.0. The van der Waals surface area contributed by atoms with Crippen LogP contribution in [0.4, 0.5) is 0 Å². The van der Waals surface area contributed by atoms with Crippen molar-refractivity contribution in [1.29, 1.82) is 0 Å². The molecule has 6 heteroatoms. The summed E-state index contributed by atoms with van der Waals surface area (Å²) >= 11 is 1.64. The van der Waals surface area contributed by atoms with Crippen molar-refractivity contribution in [3.05, 3.63) is 41.4 Å². The van der Waals surface area contributed by atoms with Crippen molar-refractivity contribution >= 4 is 17.2 Å². The average molecular weight is 413 g/mol. The Labute approximate surface area is 178 Å². The molecule has 2 aromatic heterocycles. The molecule has 2 saturated heterocycles. The zero-order valence-electron chi connectivity index (χ0n) is 17.2. The molecule has 0 atom stereocenters. The van der Waals surface area contributed by atoms with Gasteiger partial charge in [-0.1, -0.05) is 12.5 Å². The van der Waals surface area contributed by atoms with E-state index >= 15 is 0 Å². The summed E-state index contributed by atoms with van der Waals surface area (Å²) in [4.78, 5) is 23.2. The number of nitrogens with zero attached hydrogens (tertiary/aromatic N) is 3. The number of thiophene rings is 1. The molecule has 4 heterocycles. The van der Waals surface area contributed by atoms with Gasteiger partial charge < -0.3 is 15.1 Å². The number of hydrogen-bond donors (Lipinski definition) is 1. The van der Waals surface area contributed by atoms with Crippen LogP contribution in [0.25, 0.3) is 10.6 Å². The summed E-state index contributed by atoms with van der Waals surface area (Å²) in [7, 11) is 0. The highest BCUT2D eigenvalue weighted by atomic mass is 32.1. The van der Waals surface area contributed by atoms with Gasteiger partial charge in [0.1, 0.15) is 0 Å². The Morgan fingerprint density at radius 2 is 1.97 bits per heavy atom. The van der Waals surface area contributed by atoms with Crippen molar-refractivity contribution in [3.8, 4) is 10.6 Å². The molecule has 2 aromatic rings. The quantitative estimate of drug-likeness (QED) is 0.701. The Hall–Kier alpha value is -1.76. The van der Waals surface area contributed by atoms with E-state index in [1.54, 1.807) is 23.6 Å². The lowest BCUT2D eigenvalue weighted by Crippen LogP contribution is -2.47. The van der Waals surface area contributed by atoms with Crippen molar-refractivity contribution < 1.29 is 4.79 Å². The predicted molar refractivity (Wildman–Crippen MR) is 119 cm³/mol. The van der Waals surface area contributed by atoms with Gasteiger partial charge in [0.25, 0.3) is 5.91 Å². The number of likely N-dealkylation sites (tertiary alicyclic amines) is 2. The number of carbonyl (C=O) groups is 1.